The molecule has 6 nitrogen and oxygen atoms in total. The van der Waals surface area contributed by atoms with E-state index in [4.69, 9.17) is 5.11 Å². The van der Waals surface area contributed by atoms with E-state index in [1.165, 1.54) is 11.3 Å². The predicted molar refractivity (Wildman–Crippen MR) is 80.2 cm³/mol. The molecular weight excluding hydrogens is 278 g/mol. The number of aliphatic hydroxyl groups excluding tert-OH is 1. The van der Waals surface area contributed by atoms with Gasteiger partial charge >= 0.3 is 5.69 Å². The highest BCUT2D eigenvalue weighted by Gasteiger charge is 2.20. The second-order valence-corrected chi connectivity index (χ2v) is 5.66. The van der Waals surface area contributed by atoms with Crippen molar-refractivity contribution in [2.24, 2.45) is 5.92 Å². The number of nitrogens with zero attached hydrogens (tertiary/aromatic N) is 2. The largest absolute Gasteiger partial charge is 0.396 e. The number of nitro benzene ring substituents is 1. The zero-order chi connectivity index (χ0) is 14.5. The third kappa shape index (κ3) is 3.23. The van der Waals surface area contributed by atoms with E-state index in [9.17, 15) is 10.1 Å². The topological polar surface area (TPSA) is 88.3 Å². The number of thiazole rings is 1. The number of aliphatic hydroxyl groups is 1. The second kappa shape index (κ2) is 6.62. The number of nitrogens with one attached hydrogen (secondary N) is 1. The number of rotatable bonds is 7. The van der Waals surface area contributed by atoms with Crippen LogP contribution in [-0.2, 0) is 0 Å². The summed E-state index contributed by atoms with van der Waals surface area (Å²) in [6.07, 6.45) is 1.74. The van der Waals surface area contributed by atoms with Crippen molar-refractivity contribution in [3.8, 4) is 0 Å². The summed E-state index contributed by atoms with van der Waals surface area (Å²) in [5.74, 6) is 0.257. The van der Waals surface area contributed by atoms with E-state index in [1.807, 2.05) is 13.0 Å². The monoisotopic (exact) mass is 295 g/mol. The van der Waals surface area contributed by atoms with Gasteiger partial charge < -0.3 is 10.4 Å². The van der Waals surface area contributed by atoms with E-state index in [2.05, 4.69) is 10.3 Å². The van der Waals surface area contributed by atoms with Crippen LogP contribution in [0, 0.1) is 16.0 Å². The summed E-state index contributed by atoms with van der Waals surface area (Å²) >= 11 is 1.39. The van der Waals surface area contributed by atoms with Crippen molar-refractivity contribution in [3.63, 3.8) is 0 Å². The smallest absolute Gasteiger partial charge is 0.319 e. The minimum absolute atomic E-state index is 0.0407. The number of benzene rings is 1. The van der Waals surface area contributed by atoms with Crippen LogP contribution in [0.4, 0.5) is 11.4 Å². The highest BCUT2D eigenvalue weighted by atomic mass is 32.1. The molecule has 20 heavy (non-hydrogen) atoms. The van der Waals surface area contributed by atoms with Gasteiger partial charge in [-0.1, -0.05) is 6.92 Å². The Morgan fingerprint density at radius 2 is 2.35 bits per heavy atom. The molecular formula is C13H17N3O3S. The Morgan fingerprint density at radius 1 is 1.55 bits per heavy atom. The van der Waals surface area contributed by atoms with Gasteiger partial charge in [0.05, 0.1) is 15.1 Å². The minimum Gasteiger partial charge on any atom is -0.396 e. The summed E-state index contributed by atoms with van der Waals surface area (Å²) in [5.41, 5.74) is 2.60. The van der Waals surface area contributed by atoms with Crippen LogP contribution in [0.1, 0.15) is 19.8 Å². The first-order valence-corrected chi connectivity index (χ1v) is 7.36. The maximum absolute atomic E-state index is 11.2. The first-order valence-electron chi connectivity index (χ1n) is 6.48. The molecule has 0 amide bonds. The molecule has 1 heterocycles. The minimum atomic E-state index is -0.388. The van der Waals surface area contributed by atoms with Crippen LogP contribution < -0.4 is 5.32 Å². The molecule has 108 valence electrons. The average Bonchev–Trinajstić information content (AvgIpc) is 2.90. The predicted octanol–water partition coefficient (Wildman–Crippen LogP) is 3.03. The molecule has 0 bridgehead atoms. The van der Waals surface area contributed by atoms with Crippen LogP contribution >= 0.6 is 11.3 Å². The zero-order valence-corrected chi connectivity index (χ0v) is 12.0. The van der Waals surface area contributed by atoms with Crippen molar-refractivity contribution in [1.29, 1.82) is 0 Å². The van der Waals surface area contributed by atoms with E-state index < -0.39 is 0 Å². The van der Waals surface area contributed by atoms with Gasteiger partial charge in [0.25, 0.3) is 0 Å². The molecule has 0 aliphatic carbocycles. The van der Waals surface area contributed by atoms with Crippen LogP contribution in [0.25, 0.3) is 10.2 Å². The third-order valence-corrected chi connectivity index (χ3v) is 3.95. The Bertz CT molecular complexity index is 600. The van der Waals surface area contributed by atoms with E-state index >= 15 is 0 Å². The molecule has 2 N–H and O–H groups in total. The van der Waals surface area contributed by atoms with Gasteiger partial charge in [0.1, 0.15) is 5.69 Å². The molecule has 0 saturated heterocycles. The summed E-state index contributed by atoms with van der Waals surface area (Å²) in [5, 5.41) is 23.3. The number of anilines is 1. The second-order valence-electron chi connectivity index (χ2n) is 4.77. The molecule has 2 aromatic rings. The first kappa shape index (κ1) is 14.7. The quantitative estimate of drug-likeness (QED) is 0.465. The first-order chi connectivity index (χ1) is 9.63. The molecule has 0 saturated carbocycles. The van der Waals surface area contributed by atoms with Gasteiger partial charge in [0.15, 0.2) is 5.52 Å². The number of hydrogen-bond donors (Lipinski definition) is 2. The van der Waals surface area contributed by atoms with Crippen LogP contribution in [0.3, 0.4) is 0 Å². The van der Waals surface area contributed by atoms with Gasteiger partial charge in [-0.15, -0.1) is 11.3 Å². The van der Waals surface area contributed by atoms with E-state index in [-0.39, 0.29) is 23.1 Å². The lowest BCUT2D eigenvalue weighted by molar-refractivity contribution is -0.382. The van der Waals surface area contributed by atoms with Crippen molar-refractivity contribution >= 4 is 32.9 Å². The fourth-order valence-corrected chi connectivity index (χ4v) is 2.69. The summed E-state index contributed by atoms with van der Waals surface area (Å²) in [4.78, 5) is 14.9. The fourth-order valence-electron chi connectivity index (χ4n) is 2.01. The Labute approximate surface area is 120 Å². The van der Waals surface area contributed by atoms with Gasteiger partial charge in [-0.2, -0.15) is 0 Å². The van der Waals surface area contributed by atoms with Gasteiger partial charge in [-0.3, -0.25) is 10.1 Å². The van der Waals surface area contributed by atoms with Crippen LogP contribution in [0.5, 0.6) is 0 Å². The molecule has 7 heteroatoms. The Kier molecular flexibility index (Phi) is 4.86. The number of nitro groups is 1. The Balaban J connectivity index is 2.09. The van der Waals surface area contributed by atoms with Crippen LogP contribution in [-0.4, -0.2) is 28.2 Å². The van der Waals surface area contributed by atoms with Gasteiger partial charge in [0, 0.05) is 13.2 Å². The lowest BCUT2D eigenvalue weighted by Crippen LogP contribution is -2.08. The SMILES string of the molecule is CC(CO)CCCNc1ccc2scnc2c1[N+](=O)[O-]. The molecule has 0 spiro atoms. The Hall–Kier alpha value is -1.73. The molecule has 0 aliphatic rings. The van der Waals surface area contributed by atoms with Crippen molar-refractivity contribution in [2.75, 3.05) is 18.5 Å². The molecule has 2 rings (SSSR count). The molecule has 0 radical (unpaired) electrons. The summed E-state index contributed by atoms with van der Waals surface area (Å²) in [7, 11) is 0. The van der Waals surface area contributed by atoms with Gasteiger partial charge in [-0.05, 0) is 30.9 Å². The Morgan fingerprint density at radius 3 is 3.05 bits per heavy atom. The standard InChI is InChI=1S/C13H17N3O3S/c1-9(7-17)3-2-6-14-10-4-5-11-12(15-8-20-11)13(10)16(18)19/h4-5,8-9,14,17H,2-3,6-7H2,1H3. The van der Waals surface area contributed by atoms with E-state index in [0.717, 1.165) is 17.5 Å². The lowest BCUT2D eigenvalue weighted by Gasteiger charge is -2.09. The summed E-state index contributed by atoms with van der Waals surface area (Å²) in [6, 6.07) is 3.58. The van der Waals surface area contributed by atoms with Crippen molar-refractivity contribution in [3.05, 3.63) is 27.8 Å². The number of fused-ring (bicyclic) bond motifs is 1. The highest BCUT2D eigenvalue weighted by Crippen LogP contribution is 2.34. The molecule has 0 aliphatic heterocycles. The van der Waals surface area contributed by atoms with E-state index in [1.54, 1.807) is 11.6 Å². The normalized spacial score (nSPS) is 12.5. The van der Waals surface area contributed by atoms with Gasteiger partial charge in [-0.25, -0.2) is 4.98 Å². The molecule has 0 fully saturated rings. The van der Waals surface area contributed by atoms with Crippen molar-refractivity contribution < 1.29 is 10.0 Å². The highest BCUT2D eigenvalue weighted by molar-refractivity contribution is 7.16. The maximum atomic E-state index is 11.2. The fraction of sp³-hybridized carbons (Fsp3) is 0.462. The average molecular weight is 295 g/mol. The molecule has 1 unspecified atom stereocenters. The lowest BCUT2D eigenvalue weighted by atomic mass is 10.1. The summed E-state index contributed by atoms with van der Waals surface area (Å²) in [6.45, 7) is 2.79. The van der Waals surface area contributed by atoms with Crippen LogP contribution in [0.2, 0.25) is 0 Å². The molecule has 1 aromatic heterocycles. The van der Waals surface area contributed by atoms with Crippen LogP contribution in [0.15, 0.2) is 17.6 Å². The van der Waals surface area contributed by atoms with E-state index in [0.29, 0.717) is 17.7 Å². The molecule has 1 atom stereocenters. The zero-order valence-electron chi connectivity index (χ0n) is 11.2. The summed E-state index contributed by atoms with van der Waals surface area (Å²) < 4.78 is 0.816. The molecule has 1 aromatic carbocycles. The maximum Gasteiger partial charge on any atom is 0.319 e. The number of aromatic nitrogens is 1. The van der Waals surface area contributed by atoms with Crippen molar-refractivity contribution in [2.45, 2.75) is 19.8 Å². The number of hydrogen-bond acceptors (Lipinski definition) is 6. The van der Waals surface area contributed by atoms with Crippen molar-refractivity contribution in [1.82, 2.24) is 4.98 Å². The van der Waals surface area contributed by atoms with Gasteiger partial charge in [0.2, 0.25) is 0 Å². The third-order valence-electron chi connectivity index (χ3n) is 3.16.